The van der Waals surface area contributed by atoms with Crippen LogP contribution in [0.5, 0.6) is 5.75 Å². The molecule has 5 rings (SSSR count). The van der Waals surface area contributed by atoms with Crippen LogP contribution in [0.4, 0.5) is 10.1 Å². The van der Waals surface area contributed by atoms with Gasteiger partial charge in [0, 0.05) is 30.8 Å². The number of nitrogens with zero attached hydrogens (tertiary/aromatic N) is 1. The lowest BCUT2D eigenvalue weighted by molar-refractivity contribution is -0.114. The second-order valence-electron chi connectivity index (χ2n) is 8.65. The number of aromatic nitrogens is 1. The van der Waals surface area contributed by atoms with Crippen LogP contribution in [0.3, 0.4) is 0 Å². The maximum absolute atomic E-state index is 13.4. The summed E-state index contributed by atoms with van der Waals surface area (Å²) in [7, 11) is 0. The van der Waals surface area contributed by atoms with Crippen LogP contribution in [0.1, 0.15) is 35.0 Å². The zero-order valence-corrected chi connectivity index (χ0v) is 19.6. The zero-order chi connectivity index (χ0) is 25.1. The standard InChI is InChI=1S/C29H24FN3O3/c1-19(34)32-25-14-8-21(9-15-25)20-4-10-23(11-5-20)29(16-18-36-26-3-2-17-31-27(26)29)33-28(35)22-6-12-24(30)13-7-22/h2-15,17H,16,18H2,1H3,(H,32,34)(H,33,35)/t29-/m0/s1. The van der Waals surface area contributed by atoms with Crippen LogP contribution in [-0.2, 0) is 10.3 Å². The SMILES string of the molecule is CC(=O)Nc1ccc(-c2ccc([C@@]3(NC(=O)c4ccc(F)cc4)CCOc4cccnc43)cc2)cc1. The highest BCUT2D eigenvalue weighted by Crippen LogP contribution is 2.41. The Bertz CT molecular complexity index is 1400. The van der Waals surface area contributed by atoms with Crippen molar-refractivity contribution in [3.63, 3.8) is 0 Å². The molecule has 36 heavy (non-hydrogen) atoms. The van der Waals surface area contributed by atoms with E-state index in [1.54, 1.807) is 12.3 Å². The number of rotatable bonds is 5. The van der Waals surface area contributed by atoms with Crippen molar-refractivity contribution in [1.29, 1.82) is 0 Å². The van der Waals surface area contributed by atoms with Crippen molar-refractivity contribution in [1.82, 2.24) is 10.3 Å². The molecule has 180 valence electrons. The smallest absolute Gasteiger partial charge is 0.252 e. The lowest BCUT2D eigenvalue weighted by Crippen LogP contribution is -2.50. The van der Waals surface area contributed by atoms with Gasteiger partial charge in [-0.05, 0) is 65.2 Å². The van der Waals surface area contributed by atoms with Crippen molar-refractivity contribution in [2.45, 2.75) is 18.9 Å². The number of pyridine rings is 1. The molecule has 1 atom stereocenters. The Labute approximate surface area is 208 Å². The van der Waals surface area contributed by atoms with Crippen molar-refractivity contribution in [2.24, 2.45) is 0 Å². The van der Waals surface area contributed by atoms with Gasteiger partial charge in [0.05, 0.1) is 6.61 Å². The zero-order valence-electron chi connectivity index (χ0n) is 19.6. The van der Waals surface area contributed by atoms with Crippen molar-refractivity contribution < 1.29 is 18.7 Å². The summed E-state index contributed by atoms with van der Waals surface area (Å²) in [6, 6.07) is 24.6. The molecule has 2 N–H and O–H groups in total. The number of anilines is 1. The van der Waals surface area contributed by atoms with E-state index in [4.69, 9.17) is 4.74 Å². The van der Waals surface area contributed by atoms with Gasteiger partial charge in [0.25, 0.3) is 5.91 Å². The van der Waals surface area contributed by atoms with Gasteiger partial charge in [-0.15, -0.1) is 0 Å². The molecule has 7 heteroatoms. The fourth-order valence-electron chi connectivity index (χ4n) is 4.50. The summed E-state index contributed by atoms with van der Waals surface area (Å²) in [5, 5.41) is 5.95. The first-order chi connectivity index (χ1) is 17.4. The van der Waals surface area contributed by atoms with Gasteiger partial charge in [-0.1, -0.05) is 36.4 Å². The highest BCUT2D eigenvalue weighted by atomic mass is 19.1. The topological polar surface area (TPSA) is 80.3 Å². The third-order valence-electron chi connectivity index (χ3n) is 6.26. The number of nitrogens with one attached hydrogen (secondary N) is 2. The summed E-state index contributed by atoms with van der Waals surface area (Å²) >= 11 is 0. The molecular weight excluding hydrogens is 457 g/mol. The quantitative estimate of drug-likeness (QED) is 0.405. The van der Waals surface area contributed by atoms with Crippen LogP contribution in [0.25, 0.3) is 11.1 Å². The maximum Gasteiger partial charge on any atom is 0.252 e. The third-order valence-corrected chi connectivity index (χ3v) is 6.26. The van der Waals surface area contributed by atoms with E-state index in [1.807, 2.05) is 54.6 Å². The lowest BCUT2D eigenvalue weighted by Gasteiger charge is -2.39. The van der Waals surface area contributed by atoms with E-state index < -0.39 is 11.4 Å². The van der Waals surface area contributed by atoms with Gasteiger partial charge in [-0.2, -0.15) is 0 Å². The summed E-state index contributed by atoms with van der Waals surface area (Å²) in [5.41, 5.74) is 3.63. The molecule has 1 aliphatic heterocycles. The first-order valence-electron chi connectivity index (χ1n) is 11.6. The summed E-state index contributed by atoms with van der Waals surface area (Å²) in [5.74, 6) is -0.239. The summed E-state index contributed by atoms with van der Waals surface area (Å²) < 4.78 is 19.3. The number of fused-ring (bicyclic) bond motifs is 1. The van der Waals surface area contributed by atoms with E-state index in [-0.39, 0.29) is 11.8 Å². The van der Waals surface area contributed by atoms with E-state index in [9.17, 15) is 14.0 Å². The number of carbonyl (C=O) groups is 2. The van der Waals surface area contributed by atoms with Crippen molar-refractivity contribution in [3.05, 3.63) is 114 Å². The molecule has 4 aromatic rings. The minimum Gasteiger partial charge on any atom is -0.491 e. The summed E-state index contributed by atoms with van der Waals surface area (Å²) in [4.78, 5) is 29.2. The number of carbonyl (C=O) groups excluding carboxylic acids is 2. The predicted octanol–water partition coefficient (Wildman–Crippen LogP) is 5.30. The number of hydrogen-bond donors (Lipinski definition) is 2. The molecule has 6 nitrogen and oxygen atoms in total. The third kappa shape index (κ3) is 4.55. The molecule has 2 amide bonds. The number of halogens is 1. The highest BCUT2D eigenvalue weighted by molar-refractivity contribution is 5.95. The van der Waals surface area contributed by atoms with Gasteiger partial charge in [-0.25, -0.2) is 4.39 Å². The van der Waals surface area contributed by atoms with Gasteiger partial charge >= 0.3 is 0 Å². The second kappa shape index (κ2) is 9.62. The highest BCUT2D eigenvalue weighted by Gasteiger charge is 2.42. The van der Waals surface area contributed by atoms with Crippen LogP contribution in [0, 0.1) is 5.82 Å². The predicted molar refractivity (Wildman–Crippen MR) is 135 cm³/mol. The van der Waals surface area contributed by atoms with E-state index in [0.29, 0.717) is 30.0 Å². The Morgan fingerprint density at radius 3 is 2.25 bits per heavy atom. The maximum atomic E-state index is 13.4. The first kappa shape index (κ1) is 23.2. The molecule has 0 fully saturated rings. The average Bonchev–Trinajstić information content (AvgIpc) is 2.89. The number of amides is 2. The first-order valence-corrected chi connectivity index (χ1v) is 11.6. The lowest BCUT2D eigenvalue weighted by atomic mass is 9.80. The Morgan fingerprint density at radius 2 is 1.58 bits per heavy atom. The van der Waals surface area contributed by atoms with Crippen molar-refractivity contribution >= 4 is 17.5 Å². The number of ether oxygens (including phenoxy) is 1. The average molecular weight is 482 g/mol. The molecule has 0 saturated heterocycles. The number of hydrogen-bond acceptors (Lipinski definition) is 4. The fourth-order valence-corrected chi connectivity index (χ4v) is 4.50. The molecular formula is C29H24FN3O3. The van der Waals surface area contributed by atoms with Gasteiger partial charge < -0.3 is 15.4 Å². The molecule has 0 saturated carbocycles. The molecule has 3 aromatic carbocycles. The van der Waals surface area contributed by atoms with Crippen LogP contribution in [0.15, 0.2) is 91.1 Å². The molecule has 2 heterocycles. The molecule has 0 bridgehead atoms. The molecule has 0 aliphatic carbocycles. The molecule has 1 aromatic heterocycles. The Morgan fingerprint density at radius 1 is 0.917 bits per heavy atom. The van der Waals surface area contributed by atoms with Crippen LogP contribution in [0.2, 0.25) is 0 Å². The van der Waals surface area contributed by atoms with E-state index in [0.717, 1.165) is 22.4 Å². The van der Waals surface area contributed by atoms with Crippen molar-refractivity contribution in [3.8, 4) is 16.9 Å². The normalized spacial score (nSPS) is 16.4. The Kier molecular flexibility index (Phi) is 6.21. The Balaban J connectivity index is 1.51. The van der Waals surface area contributed by atoms with Crippen LogP contribution >= 0.6 is 0 Å². The monoisotopic (exact) mass is 481 g/mol. The minimum absolute atomic E-state index is 0.120. The Hall–Kier alpha value is -4.52. The van der Waals surface area contributed by atoms with Gasteiger partial charge in [0.15, 0.2) is 0 Å². The van der Waals surface area contributed by atoms with Crippen molar-refractivity contribution in [2.75, 3.05) is 11.9 Å². The molecule has 0 unspecified atom stereocenters. The van der Waals surface area contributed by atoms with Gasteiger partial charge in [0.2, 0.25) is 5.91 Å². The largest absolute Gasteiger partial charge is 0.491 e. The van der Waals surface area contributed by atoms with E-state index in [1.165, 1.54) is 31.2 Å². The van der Waals surface area contributed by atoms with Gasteiger partial charge in [0.1, 0.15) is 22.8 Å². The summed E-state index contributed by atoms with van der Waals surface area (Å²) in [6.07, 6.45) is 2.16. The van der Waals surface area contributed by atoms with E-state index in [2.05, 4.69) is 15.6 Å². The fraction of sp³-hybridized carbons (Fsp3) is 0.138. The van der Waals surface area contributed by atoms with E-state index >= 15 is 0 Å². The van der Waals surface area contributed by atoms with Crippen LogP contribution < -0.4 is 15.4 Å². The van der Waals surface area contributed by atoms with Gasteiger partial charge in [-0.3, -0.25) is 14.6 Å². The molecule has 1 aliphatic rings. The molecule has 0 radical (unpaired) electrons. The number of benzene rings is 3. The second-order valence-corrected chi connectivity index (χ2v) is 8.65. The minimum atomic E-state index is -0.923. The molecule has 0 spiro atoms. The van der Waals surface area contributed by atoms with Crippen LogP contribution in [-0.4, -0.2) is 23.4 Å². The summed E-state index contributed by atoms with van der Waals surface area (Å²) in [6.45, 7) is 1.87.